The lowest BCUT2D eigenvalue weighted by molar-refractivity contribution is 0.0191. The van der Waals surface area contributed by atoms with Crippen LogP contribution in [0.2, 0.25) is 0 Å². The summed E-state index contributed by atoms with van der Waals surface area (Å²) in [5.74, 6) is 0.156. The standard InChI is InChI=1S/C20H28N2O3/c23-18-5-10-21(11-6-18)17-3-1-16(2-4-17)19(24)22-12-7-20(15-22)8-13-25-14-9-20/h1-4,18,23H,5-15H2. The Kier molecular flexibility index (Phi) is 4.69. The minimum atomic E-state index is -0.162. The topological polar surface area (TPSA) is 53.0 Å². The lowest BCUT2D eigenvalue weighted by Crippen LogP contribution is -2.36. The highest BCUT2D eigenvalue weighted by molar-refractivity contribution is 5.94. The smallest absolute Gasteiger partial charge is 0.253 e. The quantitative estimate of drug-likeness (QED) is 0.894. The minimum absolute atomic E-state index is 0.156. The van der Waals surface area contributed by atoms with E-state index in [0.29, 0.717) is 5.41 Å². The number of hydrogen-bond acceptors (Lipinski definition) is 4. The molecular weight excluding hydrogens is 316 g/mol. The summed E-state index contributed by atoms with van der Waals surface area (Å²) in [6.45, 7) is 5.17. The number of likely N-dealkylation sites (tertiary alicyclic amines) is 1. The van der Waals surface area contributed by atoms with Gasteiger partial charge in [0.15, 0.2) is 0 Å². The van der Waals surface area contributed by atoms with Crippen LogP contribution in [0.15, 0.2) is 24.3 Å². The number of anilines is 1. The summed E-state index contributed by atoms with van der Waals surface area (Å²) in [6, 6.07) is 8.01. The lowest BCUT2D eigenvalue weighted by Gasteiger charge is -2.33. The van der Waals surface area contributed by atoms with Gasteiger partial charge in [-0.3, -0.25) is 4.79 Å². The molecule has 1 N–H and O–H groups in total. The SMILES string of the molecule is O=C(c1ccc(N2CCC(O)CC2)cc1)N1CCC2(CCOCC2)C1. The molecule has 3 aliphatic rings. The van der Waals surface area contributed by atoms with Gasteiger partial charge in [-0.1, -0.05) is 0 Å². The zero-order chi connectivity index (χ0) is 17.3. The van der Waals surface area contributed by atoms with Crippen molar-refractivity contribution in [3.63, 3.8) is 0 Å². The van der Waals surface area contributed by atoms with E-state index in [1.807, 2.05) is 29.2 Å². The van der Waals surface area contributed by atoms with Gasteiger partial charge in [-0.25, -0.2) is 0 Å². The Hall–Kier alpha value is -1.59. The van der Waals surface area contributed by atoms with Crippen molar-refractivity contribution in [2.24, 2.45) is 5.41 Å². The van der Waals surface area contributed by atoms with Gasteiger partial charge in [0.05, 0.1) is 6.10 Å². The number of benzene rings is 1. The van der Waals surface area contributed by atoms with Gasteiger partial charge in [0, 0.05) is 50.6 Å². The van der Waals surface area contributed by atoms with Crippen LogP contribution in [0.4, 0.5) is 5.69 Å². The van der Waals surface area contributed by atoms with Gasteiger partial charge >= 0.3 is 0 Å². The fourth-order valence-electron chi connectivity index (χ4n) is 4.44. The summed E-state index contributed by atoms with van der Waals surface area (Å²) in [5, 5.41) is 9.63. The molecule has 5 nitrogen and oxygen atoms in total. The predicted octanol–water partition coefficient (Wildman–Crippen LogP) is 2.29. The number of carbonyl (C=O) groups excluding carboxylic acids is 1. The van der Waals surface area contributed by atoms with Crippen LogP contribution in [0.25, 0.3) is 0 Å². The van der Waals surface area contributed by atoms with Gasteiger partial charge in [0.2, 0.25) is 0 Å². The molecule has 4 rings (SSSR count). The van der Waals surface area contributed by atoms with Crippen molar-refractivity contribution in [1.82, 2.24) is 4.90 Å². The molecule has 1 aromatic rings. The number of rotatable bonds is 2. The molecule has 3 heterocycles. The minimum Gasteiger partial charge on any atom is -0.393 e. The van der Waals surface area contributed by atoms with Gasteiger partial charge in [-0.15, -0.1) is 0 Å². The van der Waals surface area contributed by atoms with E-state index >= 15 is 0 Å². The number of amides is 1. The first kappa shape index (κ1) is 16.9. The molecule has 1 aromatic carbocycles. The molecule has 3 fully saturated rings. The van der Waals surface area contributed by atoms with Crippen LogP contribution in [-0.2, 0) is 4.74 Å². The second kappa shape index (κ2) is 6.96. The number of piperidine rings is 1. The summed E-state index contributed by atoms with van der Waals surface area (Å²) >= 11 is 0. The van der Waals surface area contributed by atoms with Crippen molar-refractivity contribution >= 4 is 11.6 Å². The molecule has 1 amide bonds. The molecule has 3 saturated heterocycles. The van der Waals surface area contributed by atoms with Gasteiger partial charge in [0.1, 0.15) is 0 Å². The van der Waals surface area contributed by atoms with Crippen LogP contribution < -0.4 is 4.90 Å². The first-order valence-electron chi connectivity index (χ1n) is 9.55. The Labute approximate surface area is 149 Å². The fourth-order valence-corrected chi connectivity index (χ4v) is 4.44. The van der Waals surface area contributed by atoms with Gasteiger partial charge in [0.25, 0.3) is 5.91 Å². The first-order valence-corrected chi connectivity index (χ1v) is 9.55. The highest BCUT2D eigenvalue weighted by Gasteiger charge is 2.41. The molecule has 0 radical (unpaired) electrons. The van der Waals surface area contributed by atoms with E-state index in [9.17, 15) is 9.90 Å². The number of nitrogens with zero attached hydrogens (tertiary/aromatic N) is 2. The van der Waals surface area contributed by atoms with Gasteiger partial charge < -0.3 is 19.6 Å². The molecule has 0 atom stereocenters. The maximum Gasteiger partial charge on any atom is 0.253 e. The zero-order valence-electron chi connectivity index (χ0n) is 14.8. The largest absolute Gasteiger partial charge is 0.393 e. The fraction of sp³-hybridized carbons (Fsp3) is 0.650. The van der Waals surface area contributed by atoms with Crippen molar-refractivity contribution in [3.8, 4) is 0 Å². The normalized spacial score (nSPS) is 24.0. The summed E-state index contributed by atoms with van der Waals surface area (Å²) in [7, 11) is 0. The first-order chi connectivity index (χ1) is 12.2. The Bertz CT molecular complexity index is 602. The monoisotopic (exact) mass is 344 g/mol. The van der Waals surface area contributed by atoms with Crippen LogP contribution in [0.1, 0.15) is 42.5 Å². The second-order valence-electron chi connectivity index (χ2n) is 7.85. The van der Waals surface area contributed by atoms with Crippen LogP contribution in [-0.4, -0.2) is 61.4 Å². The third kappa shape index (κ3) is 3.53. The molecule has 3 aliphatic heterocycles. The summed E-state index contributed by atoms with van der Waals surface area (Å²) in [5.41, 5.74) is 2.22. The molecule has 25 heavy (non-hydrogen) atoms. The molecular formula is C20H28N2O3. The highest BCUT2D eigenvalue weighted by atomic mass is 16.5. The third-order valence-electron chi connectivity index (χ3n) is 6.22. The molecule has 5 heteroatoms. The lowest BCUT2D eigenvalue weighted by atomic mass is 9.80. The summed E-state index contributed by atoms with van der Waals surface area (Å²) in [6.07, 6.45) is 4.74. The van der Waals surface area contributed by atoms with E-state index in [1.54, 1.807) is 0 Å². The van der Waals surface area contributed by atoms with Crippen molar-refractivity contribution in [3.05, 3.63) is 29.8 Å². The van der Waals surface area contributed by atoms with Crippen molar-refractivity contribution in [2.45, 2.75) is 38.2 Å². The number of aliphatic hydroxyl groups excluding tert-OH is 1. The number of carbonyl (C=O) groups is 1. The Morgan fingerprint density at radius 3 is 2.40 bits per heavy atom. The van der Waals surface area contributed by atoms with E-state index in [2.05, 4.69) is 4.90 Å². The van der Waals surface area contributed by atoms with E-state index in [-0.39, 0.29) is 12.0 Å². The second-order valence-corrected chi connectivity index (χ2v) is 7.85. The molecule has 0 bridgehead atoms. The zero-order valence-corrected chi connectivity index (χ0v) is 14.8. The van der Waals surface area contributed by atoms with Crippen LogP contribution >= 0.6 is 0 Å². The van der Waals surface area contributed by atoms with Crippen molar-refractivity contribution in [2.75, 3.05) is 44.3 Å². The maximum atomic E-state index is 12.9. The van der Waals surface area contributed by atoms with Crippen LogP contribution in [0, 0.1) is 5.41 Å². The Balaban J connectivity index is 1.39. The van der Waals surface area contributed by atoms with E-state index in [1.165, 1.54) is 0 Å². The average Bonchev–Trinajstić information content (AvgIpc) is 3.06. The maximum absolute atomic E-state index is 12.9. The predicted molar refractivity (Wildman–Crippen MR) is 96.9 cm³/mol. The Morgan fingerprint density at radius 1 is 1.04 bits per heavy atom. The van der Waals surface area contributed by atoms with Crippen molar-refractivity contribution < 1.29 is 14.6 Å². The third-order valence-corrected chi connectivity index (χ3v) is 6.22. The van der Waals surface area contributed by atoms with Gasteiger partial charge in [-0.05, 0) is 61.8 Å². The molecule has 0 aromatic heterocycles. The van der Waals surface area contributed by atoms with Crippen molar-refractivity contribution in [1.29, 1.82) is 0 Å². The number of ether oxygens (including phenoxy) is 1. The number of aliphatic hydroxyl groups is 1. The molecule has 0 saturated carbocycles. The van der Waals surface area contributed by atoms with E-state index < -0.39 is 0 Å². The molecule has 0 aliphatic carbocycles. The molecule has 1 spiro atoms. The summed E-state index contributed by atoms with van der Waals surface area (Å²) in [4.78, 5) is 17.2. The van der Waals surface area contributed by atoms with E-state index in [0.717, 1.165) is 82.7 Å². The number of hydrogen-bond donors (Lipinski definition) is 1. The average molecular weight is 344 g/mol. The van der Waals surface area contributed by atoms with Crippen LogP contribution in [0.5, 0.6) is 0 Å². The Morgan fingerprint density at radius 2 is 1.72 bits per heavy atom. The van der Waals surface area contributed by atoms with E-state index in [4.69, 9.17) is 4.74 Å². The highest BCUT2D eigenvalue weighted by Crippen LogP contribution is 2.40. The molecule has 136 valence electrons. The van der Waals surface area contributed by atoms with Crippen LogP contribution in [0.3, 0.4) is 0 Å². The van der Waals surface area contributed by atoms with Gasteiger partial charge in [-0.2, -0.15) is 0 Å². The molecule has 0 unspecified atom stereocenters. The summed E-state index contributed by atoms with van der Waals surface area (Å²) < 4.78 is 5.49.